The Bertz CT molecular complexity index is 1770. The molecule has 0 aliphatic carbocycles. The van der Waals surface area contributed by atoms with Crippen LogP contribution in [0.2, 0.25) is 0 Å². The van der Waals surface area contributed by atoms with Crippen LogP contribution in [0.25, 0.3) is 0 Å². The molecule has 12 heteroatoms. The Hall–Kier alpha value is -3.87. The number of aromatic nitrogens is 1. The molecule has 4 aromatic rings. The van der Waals surface area contributed by atoms with Crippen molar-refractivity contribution in [3.05, 3.63) is 96.9 Å². The Balaban J connectivity index is 1.30. The maximum Gasteiger partial charge on any atom is 0.305 e. The van der Waals surface area contributed by atoms with Gasteiger partial charge in [-0.2, -0.15) is 0 Å². The van der Waals surface area contributed by atoms with Crippen molar-refractivity contribution in [2.24, 2.45) is 5.92 Å². The van der Waals surface area contributed by atoms with Gasteiger partial charge in [-0.15, -0.1) is 0 Å². The number of aryl methyl sites for hydroxylation is 1. The van der Waals surface area contributed by atoms with Gasteiger partial charge < -0.3 is 19.8 Å². The molecule has 2 aliphatic heterocycles. The van der Waals surface area contributed by atoms with E-state index in [0.717, 1.165) is 21.4 Å². The van der Waals surface area contributed by atoms with Crippen LogP contribution in [-0.2, 0) is 14.4 Å². The third-order valence-corrected chi connectivity index (χ3v) is 10.0. The van der Waals surface area contributed by atoms with Crippen molar-refractivity contribution in [2.45, 2.75) is 23.1 Å². The van der Waals surface area contributed by atoms with Crippen LogP contribution < -0.4 is 24.6 Å². The lowest BCUT2D eigenvalue weighted by molar-refractivity contribution is -0.122. The molecule has 3 amide bonds. The fraction of sp³-hybridized carbons (Fsp3) is 0.200. The first-order valence-corrected chi connectivity index (χ1v) is 15.4. The first kappa shape index (κ1) is 28.3. The van der Waals surface area contributed by atoms with E-state index in [1.165, 1.54) is 23.8 Å². The van der Waals surface area contributed by atoms with Gasteiger partial charge in [-0.05, 0) is 66.6 Å². The third kappa shape index (κ3) is 5.25. The van der Waals surface area contributed by atoms with E-state index in [-0.39, 0.29) is 29.2 Å². The van der Waals surface area contributed by atoms with Crippen molar-refractivity contribution >= 4 is 68.1 Å². The number of fused-ring (bicyclic) bond motifs is 2. The highest BCUT2D eigenvalue weighted by Crippen LogP contribution is 2.53. The van der Waals surface area contributed by atoms with Crippen LogP contribution in [0.15, 0.2) is 81.0 Å². The number of methoxy groups -OCH3 is 1. The number of imide groups is 1. The highest BCUT2D eigenvalue weighted by molar-refractivity contribution is 9.10. The SMILES string of the molecule is COc1cc(C2c3sc(=O)[nH]c3SC3C(=O)N(c4ccc(Br)cc4)C(=O)C32)ccc1OCC(=O)Nc1cccc(C)c1. The summed E-state index contributed by atoms with van der Waals surface area (Å²) >= 11 is 5.65. The number of nitrogens with zero attached hydrogens (tertiary/aromatic N) is 1. The van der Waals surface area contributed by atoms with Crippen LogP contribution in [0.1, 0.15) is 21.9 Å². The first-order valence-electron chi connectivity index (χ1n) is 12.9. The van der Waals surface area contributed by atoms with E-state index < -0.39 is 17.1 Å². The molecular formula is C30H24BrN3O6S2. The fourth-order valence-corrected chi connectivity index (χ4v) is 8.06. The number of nitrogens with one attached hydrogen (secondary N) is 2. The van der Waals surface area contributed by atoms with E-state index in [2.05, 4.69) is 26.2 Å². The minimum atomic E-state index is -0.735. The van der Waals surface area contributed by atoms with Crippen molar-refractivity contribution in [1.82, 2.24) is 4.98 Å². The monoisotopic (exact) mass is 665 g/mol. The minimum absolute atomic E-state index is 0.243. The number of carbonyl (C=O) groups is 3. The molecule has 2 N–H and O–H groups in total. The molecule has 0 spiro atoms. The van der Waals surface area contributed by atoms with Crippen molar-refractivity contribution in [3.63, 3.8) is 0 Å². The van der Waals surface area contributed by atoms with Gasteiger partial charge in [0.05, 0.1) is 23.7 Å². The summed E-state index contributed by atoms with van der Waals surface area (Å²) in [7, 11) is 1.48. The number of hydrogen-bond donors (Lipinski definition) is 2. The molecule has 3 unspecified atom stereocenters. The minimum Gasteiger partial charge on any atom is -0.493 e. The summed E-state index contributed by atoms with van der Waals surface area (Å²) in [5.74, 6) is -1.59. The van der Waals surface area contributed by atoms with Gasteiger partial charge in [-0.1, -0.05) is 57.2 Å². The van der Waals surface area contributed by atoms with Crippen LogP contribution >= 0.6 is 39.0 Å². The predicted molar refractivity (Wildman–Crippen MR) is 165 cm³/mol. The van der Waals surface area contributed by atoms with Crippen LogP contribution in [0.4, 0.5) is 11.4 Å². The van der Waals surface area contributed by atoms with Gasteiger partial charge in [0.2, 0.25) is 11.8 Å². The quantitative estimate of drug-likeness (QED) is 0.256. The zero-order valence-corrected chi connectivity index (χ0v) is 25.6. The molecule has 42 heavy (non-hydrogen) atoms. The highest BCUT2D eigenvalue weighted by Gasteiger charge is 2.56. The molecule has 9 nitrogen and oxygen atoms in total. The van der Waals surface area contributed by atoms with E-state index in [1.54, 1.807) is 48.5 Å². The molecule has 2 aliphatic rings. The average Bonchev–Trinajstić information content (AvgIpc) is 3.46. The number of ether oxygens (including phenoxy) is 2. The number of hydrogen-bond acceptors (Lipinski definition) is 8. The molecular weight excluding hydrogens is 642 g/mol. The standard InChI is InChI=1S/C30H24BrN3O6S2/c1-15-4-3-5-18(12-15)32-22(35)14-40-20-11-6-16(13-21(20)39-2)23-24-26(41-27-25(23)42-30(38)33-27)29(37)34(28(24)36)19-9-7-17(31)8-10-19/h3-13,23-24,26H,14H2,1-2H3,(H,32,35)(H,33,38). The van der Waals surface area contributed by atoms with Crippen molar-refractivity contribution < 1.29 is 23.9 Å². The molecule has 1 fully saturated rings. The number of benzene rings is 3. The Morgan fingerprint density at radius 2 is 1.81 bits per heavy atom. The summed E-state index contributed by atoms with van der Waals surface area (Å²) in [5.41, 5.74) is 2.87. The van der Waals surface area contributed by atoms with Gasteiger partial charge in [0.1, 0.15) is 5.25 Å². The van der Waals surface area contributed by atoms with Gasteiger partial charge in [-0.3, -0.25) is 19.2 Å². The molecule has 3 heterocycles. The van der Waals surface area contributed by atoms with Gasteiger partial charge in [0.25, 0.3) is 5.91 Å². The number of amides is 3. The lowest BCUT2D eigenvalue weighted by Gasteiger charge is -2.30. The number of H-pyrrole nitrogens is 1. The Labute approximate surface area is 257 Å². The maximum absolute atomic E-state index is 13.9. The topological polar surface area (TPSA) is 118 Å². The second-order valence-electron chi connectivity index (χ2n) is 9.85. The van der Waals surface area contributed by atoms with Crippen molar-refractivity contribution in [3.8, 4) is 11.5 Å². The number of aromatic amines is 1. The Kier molecular flexibility index (Phi) is 7.69. The van der Waals surface area contributed by atoms with Gasteiger partial charge in [0, 0.05) is 21.0 Å². The summed E-state index contributed by atoms with van der Waals surface area (Å²) in [6, 6.07) is 19.6. The average molecular weight is 667 g/mol. The smallest absolute Gasteiger partial charge is 0.305 e. The van der Waals surface area contributed by atoms with Gasteiger partial charge >= 0.3 is 4.87 Å². The number of thiazole rings is 1. The fourth-order valence-electron chi connectivity index (χ4n) is 5.28. The molecule has 6 rings (SSSR count). The second-order valence-corrected chi connectivity index (χ2v) is 12.9. The van der Waals surface area contributed by atoms with Crippen LogP contribution in [0.3, 0.4) is 0 Å². The number of carbonyl (C=O) groups excluding carboxylic acids is 3. The molecule has 214 valence electrons. The molecule has 3 aromatic carbocycles. The molecule has 1 saturated heterocycles. The molecule has 0 radical (unpaired) electrons. The predicted octanol–water partition coefficient (Wildman–Crippen LogP) is 5.33. The third-order valence-electron chi connectivity index (χ3n) is 7.12. The second kappa shape index (κ2) is 11.4. The molecule has 0 bridgehead atoms. The Morgan fingerprint density at radius 1 is 1.02 bits per heavy atom. The molecule has 1 aromatic heterocycles. The van der Waals surface area contributed by atoms with Crippen LogP contribution in [0.5, 0.6) is 11.5 Å². The summed E-state index contributed by atoms with van der Waals surface area (Å²) in [5, 5.41) is 2.68. The Morgan fingerprint density at radius 3 is 2.55 bits per heavy atom. The summed E-state index contributed by atoms with van der Waals surface area (Å²) < 4.78 is 12.2. The molecule has 3 atom stereocenters. The zero-order valence-electron chi connectivity index (χ0n) is 22.4. The van der Waals surface area contributed by atoms with E-state index >= 15 is 0 Å². The largest absolute Gasteiger partial charge is 0.493 e. The number of rotatable bonds is 7. The number of thioether (sulfide) groups is 1. The maximum atomic E-state index is 13.9. The summed E-state index contributed by atoms with van der Waals surface area (Å²) in [6.07, 6.45) is 0. The van der Waals surface area contributed by atoms with E-state index in [1.807, 2.05) is 25.1 Å². The van der Waals surface area contributed by atoms with Gasteiger partial charge in [0.15, 0.2) is 18.1 Å². The lowest BCUT2D eigenvalue weighted by Crippen LogP contribution is -2.32. The van der Waals surface area contributed by atoms with Crippen LogP contribution in [0, 0.1) is 12.8 Å². The summed E-state index contributed by atoms with van der Waals surface area (Å²) in [6.45, 7) is 1.70. The van der Waals surface area contributed by atoms with Crippen molar-refractivity contribution in [1.29, 1.82) is 0 Å². The van der Waals surface area contributed by atoms with E-state index in [4.69, 9.17) is 9.47 Å². The van der Waals surface area contributed by atoms with Crippen LogP contribution in [-0.4, -0.2) is 41.7 Å². The lowest BCUT2D eigenvalue weighted by atomic mass is 9.83. The normalized spacial score (nSPS) is 19.3. The highest BCUT2D eigenvalue weighted by atomic mass is 79.9. The zero-order chi connectivity index (χ0) is 29.5. The number of halogens is 1. The summed E-state index contributed by atoms with van der Waals surface area (Å²) in [4.78, 5) is 56.9. The first-order chi connectivity index (χ1) is 20.2. The van der Waals surface area contributed by atoms with E-state index in [0.29, 0.717) is 38.3 Å². The van der Waals surface area contributed by atoms with Gasteiger partial charge in [-0.25, -0.2) is 4.90 Å². The number of anilines is 2. The molecule has 0 saturated carbocycles. The van der Waals surface area contributed by atoms with Crippen molar-refractivity contribution in [2.75, 3.05) is 23.9 Å². The van der Waals surface area contributed by atoms with E-state index in [9.17, 15) is 19.2 Å².